The second-order valence-electron chi connectivity index (χ2n) is 0. The second-order valence-corrected chi connectivity index (χ2v) is 0. The first-order chi connectivity index (χ1) is 0. The maximum Gasteiger partial charge on any atom is 0 e. The van der Waals surface area contributed by atoms with Crippen molar-refractivity contribution in [3.8, 4) is 0 Å². The molecule has 0 bridgehead atoms. The van der Waals surface area contributed by atoms with E-state index in [9.17, 15) is 0 Å². The first-order valence-electron chi connectivity index (χ1n) is 0. The van der Waals surface area contributed by atoms with Gasteiger partial charge < -0.3 is 17.1 Å². The molecule has 0 saturated heterocycles. The lowest BCUT2D eigenvalue weighted by Gasteiger charge is -0.413. The van der Waals surface area contributed by atoms with Crippen molar-refractivity contribution < 1.29 is 11.0 Å². The quantitative estimate of drug-likeness (QED) is 0.339. The van der Waals surface area contributed by atoms with Gasteiger partial charge in [0.15, 0.2) is 0 Å². The van der Waals surface area contributed by atoms with E-state index in [0.717, 1.165) is 0 Å². The lowest BCUT2D eigenvalue weighted by Crippen LogP contribution is -0.481. The highest BCUT2D eigenvalue weighted by Crippen LogP contribution is -0.288. The average Bonchev–Trinajstić information content (AvgIpc) is 0. The van der Waals surface area contributed by atoms with Gasteiger partial charge in [-0.05, 0) is 0 Å². The summed E-state index contributed by atoms with van der Waals surface area (Å²) in [5.41, 5.74) is 0. The number of hydrogen-bond donors (Lipinski definition) is 1. The Kier molecular flexibility index (Phi) is 8810. The van der Waals surface area contributed by atoms with E-state index in [1.807, 2.05) is 0 Å². The van der Waals surface area contributed by atoms with Crippen LogP contribution in [0, 0.1) is 0 Å². The smallest absolute Gasteiger partial charge is 0 e. The van der Waals surface area contributed by atoms with E-state index in [-0.39, 0.29) is 34.5 Å². The molecule has 3 nitrogen and oxygen atoms in total. The highest BCUT2D eigenvalue weighted by Gasteiger charge is 0.00000781. The largest absolute Gasteiger partial charge is 0.412 e. The predicted molar refractivity (Wildman–Crippen MR) is 18.0 cm³/mol. The standard InChI is InChI=1S/Al.H3N.2H2O/h;1H3;2*1H2. The lowest BCUT2D eigenvalue weighted by atomic mass is 14.0. The minimum Gasteiger partial charge on any atom is -0.412 e. The van der Waals surface area contributed by atoms with Gasteiger partial charge in [0, 0.05) is 17.4 Å². The van der Waals surface area contributed by atoms with Gasteiger partial charge >= 0.3 is 0 Å². The fourth-order valence-electron chi connectivity index (χ4n) is 0. The van der Waals surface area contributed by atoms with Gasteiger partial charge in [-0.25, -0.2) is 0 Å². The van der Waals surface area contributed by atoms with Gasteiger partial charge in [0.25, 0.3) is 0 Å². The molecule has 0 amide bonds. The maximum atomic E-state index is 0. The highest BCUT2D eigenvalue weighted by atomic mass is 27.0. The van der Waals surface area contributed by atoms with Crippen LogP contribution in [0.1, 0.15) is 0 Å². The van der Waals surface area contributed by atoms with Gasteiger partial charge in [-0.3, -0.25) is 0 Å². The summed E-state index contributed by atoms with van der Waals surface area (Å²) in [4.78, 5) is 0. The van der Waals surface area contributed by atoms with Crippen LogP contribution in [0.15, 0.2) is 0 Å². The van der Waals surface area contributed by atoms with Gasteiger partial charge in [-0.2, -0.15) is 0 Å². The van der Waals surface area contributed by atoms with Gasteiger partial charge in [0.1, 0.15) is 0 Å². The molecule has 0 saturated carbocycles. The second kappa shape index (κ2) is 117. The van der Waals surface area contributed by atoms with E-state index in [0.29, 0.717) is 0 Å². The molecule has 3 radical (unpaired) electrons. The molecule has 0 aliphatic rings. The van der Waals surface area contributed by atoms with Crippen LogP contribution in [0.3, 0.4) is 0 Å². The average molecular weight is 80.0 g/mol. The molecule has 0 rings (SSSR count). The molecule has 0 aromatic rings. The van der Waals surface area contributed by atoms with Crippen LogP contribution in [0.4, 0.5) is 0 Å². The van der Waals surface area contributed by atoms with Crippen molar-refractivity contribution in [1.29, 1.82) is 0 Å². The zero-order valence-electron chi connectivity index (χ0n) is 2.28. The van der Waals surface area contributed by atoms with E-state index >= 15 is 0 Å². The molecule has 27 valence electrons. The fourth-order valence-corrected chi connectivity index (χ4v) is 0. The minimum atomic E-state index is 0. The van der Waals surface area contributed by atoms with Crippen molar-refractivity contribution in [2.24, 2.45) is 0 Å². The number of rotatable bonds is 0. The van der Waals surface area contributed by atoms with E-state index in [1.54, 1.807) is 0 Å². The molecule has 0 aliphatic heterocycles. The molecule has 0 aliphatic carbocycles. The van der Waals surface area contributed by atoms with Crippen molar-refractivity contribution in [1.82, 2.24) is 6.15 Å². The zero-order chi connectivity index (χ0) is 0. The Bertz CT molecular complexity index is 6.00. The SMILES string of the molecule is N.O.O.[Al]. The molecule has 0 atom stereocenters. The van der Waals surface area contributed by atoms with Crippen molar-refractivity contribution in [3.05, 3.63) is 0 Å². The van der Waals surface area contributed by atoms with Crippen molar-refractivity contribution >= 4 is 17.4 Å². The van der Waals surface area contributed by atoms with Gasteiger partial charge in [-0.1, -0.05) is 0 Å². The third-order valence-corrected chi connectivity index (χ3v) is 0. The van der Waals surface area contributed by atoms with Gasteiger partial charge in [0.05, 0.1) is 0 Å². The van der Waals surface area contributed by atoms with Crippen LogP contribution in [0.5, 0.6) is 0 Å². The third-order valence-electron chi connectivity index (χ3n) is 0. The topological polar surface area (TPSA) is 98.0 Å². The summed E-state index contributed by atoms with van der Waals surface area (Å²) in [5.74, 6) is 0. The number of hydrogen-bond acceptors (Lipinski definition) is 1. The molecular formula is H7AlNO2. The Labute approximate surface area is 35.3 Å². The summed E-state index contributed by atoms with van der Waals surface area (Å²) in [6, 6.07) is 0. The third kappa shape index (κ3) is 28.3. The molecule has 0 heterocycles. The molecule has 0 fully saturated rings. The minimum absolute atomic E-state index is 0. The first-order valence-corrected chi connectivity index (χ1v) is 0. The molecular weight excluding hydrogens is 73.0 g/mol. The van der Waals surface area contributed by atoms with Crippen LogP contribution in [-0.2, 0) is 0 Å². The Balaban J connectivity index is 0. The highest BCUT2D eigenvalue weighted by molar-refractivity contribution is 5.75. The van der Waals surface area contributed by atoms with Crippen molar-refractivity contribution in [2.45, 2.75) is 0 Å². The molecule has 0 spiro atoms. The summed E-state index contributed by atoms with van der Waals surface area (Å²) >= 11 is 0. The first kappa shape index (κ1) is 302. The normalized spacial score (nSPS) is 0. The molecule has 7 N–H and O–H groups in total. The Morgan fingerprint density at radius 1 is 0.750 bits per heavy atom. The van der Waals surface area contributed by atoms with Crippen LogP contribution < -0.4 is 6.15 Å². The summed E-state index contributed by atoms with van der Waals surface area (Å²) in [6.45, 7) is 0. The van der Waals surface area contributed by atoms with Crippen LogP contribution in [0.2, 0.25) is 0 Å². The monoisotopic (exact) mass is 80.0 g/mol. The van der Waals surface area contributed by atoms with E-state index < -0.39 is 0 Å². The molecule has 4 heteroatoms. The van der Waals surface area contributed by atoms with Crippen LogP contribution >= 0.6 is 0 Å². The Hall–Kier alpha value is 0.412. The van der Waals surface area contributed by atoms with E-state index in [4.69, 9.17) is 0 Å². The van der Waals surface area contributed by atoms with Gasteiger partial charge in [-0.15, -0.1) is 0 Å². The summed E-state index contributed by atoms with van der Waals surface area (Å²) in [6.07, 6.45) is 0. The predicted octanol–water partition coefficient (Wildman–Crippen LogP) is -1.87. The van der Waals surface area contributed by atoms with Gasteiger partial charge in [0.2, 0.25) is 0 Å². The molecule has 4 heavy (non-hydrogen) atoms. The van der Waals surface area contributed by atoms with Crippen LogP contribution in [-0.4, -0.2) is 28.3 Å². The Morgan fingerprint density at radius 3 is 0.750 bits per heavy atom. The van der Waals surface area contributed by atoms with Crippen LogP contribution in [0.25, 0.3) is 0 Å². The lowest BCUT2D eigenvalue weighted by molar-refractivity contribution is 0.823. The Morgan fingerprint density at radius 2 is 0.750 bits per heavy atom. The summed E-state index contributed by atoms with van der Waals surface area (Å²) in [7, 11) is 0. The van der Waals surface area contributed by atoms with Crippen molar-refractivity contribution in [3.63, 3.8) is 0 Å². The maximum absolute atomic E-state index is 0. The molecule has 0 unspecified atom stereocenters. The van der Waals surface area contributed by atoms with E-state index in [1.165, 1.54) is 0 Å². The fraction of sp³-hybridized carbons (Fsp3) is 0. The van der Waals surface area contributed by atoms with Crippen molar-refractivity contribution in [2.75, 3.05) is 0 Å². The van der Waals surface area contributed by atoms with E-state index in [2.05, 4.69) is 0 Å². The molecule has 0 aromatic heterocycles. The molecule has 0 aromatic carbocycles. The summed E-state index contributed by atoms with van der Waals surface area (Å²) < 4.78 is 0. The zero-order valence-corrected chi connectivity index (χ0v) is 3.44. The summed E-state index contributed by atoms with van der Waals surface area (Å²) in [5, 5.41) is 0.